The van der Waals surface area contributed by atoms with Crippen molar-refractivity contribution >= 4 is 40.5 Å². The molecule has 1 saturated heterocycles. The predicted molar refractivity (Wildman–Crippen MR) is 160 cm³/mol. The molecule has 0 amide bonds. The van der Waals surface area contributed by atoms with E-state index in [1.54, 1.807) is 19.2 Å². The minimum absolute atomic E-state index is 0. The van der Waals surface area contributed by atoms with Crippen LogP contribution in [-0.2, 0) is 16.4 Å². The van der Waals surface area contributed by atoms with Gasteiger partial charge in [-0.25, -0.2) is 13.4 Å². The van der Waals surface area contributed by atoms with E-state index in [-0.39, 0.29) is 47.8 Å². The zero-order valence-electron chi connectivity index (χ0n) is 22.4. The van der Waals surface area contributed by atoms with Gasteiger partial charge in [-0.3, -0.25) is 10.1 Å². The van der Waals surface area contributed by atoms with E-state index in [1.807, 2.05) is 74.3 Å². The molecule has 1 heterocycles. The highest BCUT2D eigenvalue weighted by Crippen LogP contribution is 2.39. The Bertz CT molecular complexity index is 1270. The van der Waals surface area contributed by atoms with Crippen LogP contribution in [0.25, 0.3) is 0 Å². The quantitative estimate of drug-likeness (QED) is 0.316. The van der Waals surface area contributed by atoms with Crippen molar-refractivity contribution in [3.05, 3.63) is 89.5 Å². The highest BCUT2D eigenvalue weighted by atomic mass is 35.5. The summed E-state index contributed by atoms with van der Waals surface area (Å²) in [4.78, 5) is 0.273. The van der Waals surface area contributed by atoms with Crippen molar-refractivity contribution in [1.82, 2.24) is 5.01 Å². The summed E-state index contributed by atoms with van der Waals surface area (Å²) in [6.07, 6.45) is 2.80. The summed E-state index contributed by atoms with van der Waals surface area (Å²) in [5.74, 6) is 7.56. The number of benzene rings is 3. The lowest BCUT2D eigenvalue weighted by Gasteiger charge is -2.39. The van der Waals surface area contributed by atoms with Crippen molar-refractivity contribution in [3.63, 3.8) is 0 Å². The number of ether oxygens (including phenoxy) is 1. The number of halogens is 2. The summed E-state index contributed by atoms with van der Waals surface area (Å²) in [7, 11) is -2.09. The van der Waals surface area contributed by atoms with Gasteiger partial charge in [-0.1, -0.05) is 48.0 Å². The summed E-state index contributed by atoms with van der Waals surface area (Å²) >= 11 is 0. The molecule has 6 nitrogen and oxygen atoms in total. The summed E-state index contributed by atoms with van der Waals surface area (Å²) < 4.78 is 34.2. The Balaban J connectivity index is 0.00000253. The van der Waals surface area contributed by atoms with Crippen LogP contribution >= 0.6 is 24.8 Å². The predicted octanol–water partition coefficient (Wildman–Crippen LogP) is 6.32. The highest BCUT2D eigenvalue weighted by molar-refractivity contribution is 7.92. The second-order valence-corrected chi connectivity index (χ2v) is 11.9. The Morgan fingerprint density at radius 3 is 2.32 bits per heavy atom. The SMILES string of the molecule is Cc1ccc(S(=O)(=O)N(C)c2ccc(OC(C)C)c(C[C@H]3CCCN(N)[C@H]3c3ccccc3)c2)cc1.Cl.Cl. The second kappa shape index (κ2) is 13.7. The number of piperidine rings is 1. The number of hydrazine groups is 1. The number of hydrogen-bond donors (Lipinski definition) is 1. The molecular weight excluding hydrogens is 541 g/mol. The smallest absolute Gasteiger partial charge is 0.264 e. The Morgan fingerprint density at radius 2 is 1.68 bits per heavy atom. The first kappa shape index (κ1) is 31.9. The van der Waals surface area contributed by atoms with Crippen LogP contribution in [0.15, 0.2) is 77.7 Å². The largest absolute Gasteiger partial charge is 0.491 e. The molecule has 0 spiro atoms. The molecule has 0 unspecified atom stereocenters. The van der Waals surface area contributed by atoms with E-state index in [2.05, 4.69) is 12.1 Å². The molecule has 0 saturated carbocycles. The van der Waals surface area contributed by atoms with E-state index in [0.717, 1.165) is 42.7 Å². The summed E-state index contributed by atoms with van der Waals surface area (Å²) in [6.45, 7) is 6.79. The Hall–Kier alpha value is -2.29. The number of nitrogens with two attached hydrogens (primary N) is 1. The molecule has 1 aliphatic heterocycles. The average Bonchev–Trinajstić information content (AvgIpc) is 2.85. The Morgan fingerprint density at radius 1 is 1.03 bits per heavy atom. The van der Waals surface area contributed by atoms with Gasteiger partial charge in [0.15, 0.2) is 0 Å². The van der Waals surface area contributed by atoms with Gasteiger partial charge in [0, 0.05) is 13.6 Å². The first-order chi connectivity index (χ1) is 17.2. The second-order valence-electron chi connectivity index (χ2n) is 9.94. The van der Waals surface area contributed by atoms with Gasteiger partial charge in [-0.15, -0.1) is 24.8 Å². The van der Waals surface area contributed by atoms with Gasteiger partial charge in [0.25, 0.3) is 10.0 Å². The minimum atomic E-state index is -3.69. The van der Waals surface area contributed by atoms with Gasteiger partial charge in [0.05, 0.1) is 22.7 Å². The number of hydrogen-bond acceptors (Lipinski definition) is 5. The van der Waals surface area contributed by atoms with Crippen molar-refractivity contribution in [2.24, 2.45) is 11.8 Å². The average molecular weight is 581 g/mol. The molecule has 2 N–H and O–H groups in total. The van der Waals surface area contributed by atoms with Crippen molar-refractivity contribution in [2.45, 2.75) is 57.1 Å². The van der Waals surface area contributed by atoms with Gasteiger partial charge in [-0.2, -0.15) is 0 Å². The first-order valence-corrected chi connectivity index (χ1v) is 14.0. The van der Waals surface area contributed by atoms with Crippen LogP contribution in [0, 0.1) is 12.8 Å². The molecule has 3 aromatic carbocycles. The molecule has 0 bridgehead atoms. The van der Waals surface area contributed by atoms with Gasteiger partial charge in [0.1, 0.15) is 5.75 Å². The van der Waals surface area contributed by atoms with Crippen LogP contribution in [-0.4, -0.2) is 33.1 Å². The monoisotopic (exact) mass is 579 g/mol. The number of rotatable bonds is 8. The van der Waals surface area contributed by atoms with Gasteiger partial charge < -0.3 is 4.74 Å². The zero-order chi connectivity index (χ0) is 25.9. The standard InChI is InChI=1S/C29H37N3O3S.2ClH/c1-21(2)35-28-17-14-26(31(4)36(33,34)27-15-12-22(3)13-16-27)20-25(28)19-24-11-8-18-32(30)29(24)23-9-6-5-7-10-23;;/h5-7,9-10,12-17,20-21,24,29H,8,11,18-19,30H2,1-4H3;2*1H/t24-,29+;;/m1../s1. The van der Waals surface area contributed by atoms with Crippen molar-refractivity contribution in [1.29, 1.82) is 0 Å². The lowest BCUT2D eigenvalue weighted by atomic mass is 9.81. The van der Waals surface area contributed by atoms with E-state index in [1.165, 1.54) is 9.87 Å². The fraction of sp³-hybridized carbons (Fsp3) is 0.379. The molecule has 0 aromatic heterocycles. The number of aryl methyl sites for hydroxylation is 1. The van der Waals surface area contributed by atoms with Crippen LogP contribution in [0.5, 0.6) is 5.75 Å². The van der Waals surface area contributed by atoms with Crippen molar-refractivity contribution in [2.75, 3.05) is 17.9 Å². The zero-order valence-corrected chi connectivity index (χ0v) is 24.9. The maximum absolute atomic E-state index is 13.4. The number of nitrogens with zero attached hydrogens (tertiary/aromatic N) is 2. The molecule has 0 aliphatic carbocycles. The molecule has 3 aromatic rings. The lowest BCUT2D eigenvalue weighted by Crippen LogP contribution is -2.44. The summed E-state index contributed by atoms with van der Waals surface area (Å²) in [5, 5.41) is 1.95. The maximum atomic E-state index is 13.4. The maximum Gasteiger partial charge on any atom is 0.264 e. The topological polar surface area (TPSA) is 75.9 Å². The van der Waals surface area contributed by atoms with E-state index in [0.29, 0.717) is 5.69 Å². The third kappa shape index (κ3) is 7.21. The molecular formula is C29H39Cl2N3O3S. The van der Waals surface area contributed by atoms with Crippen molar-refractivity contribution in [3.8, 4) is 5.75 Å². The van der Waals surface area contributed by atoms with Gasteiger partial charge in [-0.05, 0) is 87.4 Å². The van der Waals surface area contributed by atoms with Crippen LogP contribution in [0.2, 0.25) is 0 Å². The van der Waals surface area contributed by atoms with Crippen LogP contribution in [0.4, 0.5) is 5.69 Å². The normalized spacial score (nSPS) is 17.8. The van der Waals surface area contributed by atoms with Crippen LogP contribution < -0.4 is 14.9 Å². The molecule has 9 heteroatoms. The molecule has 2 atom stereocenters. The third-order valence-corrected chi connectivity index (χ3v) is 8.67. The fourth-order valence-corrected chi connectivity index (χ4v) is 6.20. The molecule has 1 aliphatic rings. The third-order valence-electron chi connectivity index (χ3n) is 6.87. The van der Waals surface area contributed by atoms with E-state index < -0.39 is 10.0 Å². The Kier molecular flexibility index (Phi) is 11.5. The molecule has 4 rings (SSSR count). The Labute approximate surface area is 240 Å². The molecule has 208 valence electrons. The summed E-state index contributed by atoms with van der Waals surface area (Å²) in [5.41, 5.74) is 3.82. The van der Waals surface area contributed by atoms with Crippen molar-refractivity contribution < 1.29 is 13.2 Å². The minimum Gasteiger partial charge on any atom is -0.491 e. The summed E-state index contributed by atoms with van der Waals surface area (Å²) in [6, 6.07) is 23.1. The highest BCUT2D eigenvalue weighted by Gasteiger charge is 2.32. The molecule has 1 fully saturated rings. The van der Waals surface area contributed by atoms with E-state index >= 15 is 0 Å². The van der Waals surface area contributed by atoms with Gasteiger partial charge in [0.2, 0.25) is 0 Å². The van der Waals surface area contributed by atoms with Gasteiger partial charge >= 0.3 is 0 Å². The van der Waals surface area contributed by atoms with E-state index in [9.17, 15) is 8.42 Å². The fourth-order valence-electron chi connectivity index (χ4n) is 5.01. The first-order valence-electron chi connectivity index (χ1n) is 12.6. The lowest BCUT2D eigenvalue weighted by molar-refractivity contribution is 0.0919. The van der Waals surface area contributed by atoms with Crippen LogP contribution in [0.3, 0.4) is 0 Å². The molecule has 0 radical (unpaired) electrons. The van der Waals surface area contributed by atoms with Crippen LogP contribution in [0.1, 0.15) is 49.4 Å². The molecule has 38 heavy (non-hydrogen) atoms. The van der Waals surface area contributed by atoms with E-state index in [4.69, 9.17) is 10.6 Å². The number of sulfonamides is 1. The number of anilines is 1.